The zero-order chi connectivity index (χ0) is 14.9. The van der Waals surface area contributed by atoms with E-state index in [0.29, 0.717) is 12.1 Å². The van der Waals surface area contributed by atoms with Crippen LogP contribution in [0.3, 0.4) is 0 Å². The van der Waals surface area contributed by atoms with Gasteiger partial charge >= 0.3 is 5.69 Å². The van der Waals surface area contributed by atoms with Crippen molar-refractivity contribution in [3.05, 3.63) is 10.5 Å². The van der Waals surface area contributed by atoms with Gasteiger partial charge in [-0.2, -0.15) is 5.26 Å². The number of nitrogens with zero attached hydrogens (tertiary/aromatic N) is 3. The summed E-state index contributed by atoms with van der Waals surface area (Å²) in [6, 6.07) is 3.28. The summed E-state index contributed by atoms with van der Waals surface area (Å²) in [5, 5.41) is 20.2. The molecule has 7 heteroatoms. The van der Waals surface area contributed by atoms with Crippen LogP contribution in [-0.2, 0) is 0 Å². The Hall–Kier alpha value is -1.26. The van der Waals surface area contributed by atoms with Crippen molar-refractivity contribution in [1.82, 2.24) is 20.1 Å². The van der Waals surface area contributed by atoms with Gasteiger partial charge in [0.05, 0.1) is 6.07 Å². The lowest BCUT2D eigenvalue weighted by molar-refractivity contribution is 0.411. The Bertz CT molecular complexity index is 595. The lowest BCUT2D eigenvalue weighted by Gasteiger charge is -2.22. The number of hydrogen-bond acceptors (Lipinski definition) is 5. The summed E-state index contributed by atoms with van der Waals surface area (Å²) in [5.41, 5.74) is -0.527. The van der Waals surface area contributed by atoms with Gasteiger partial charge in [0, 0.05) is 17.8 Å². The summed E-state index contributed by atoms with van der Waals surface area (Å²) in [7, 11) is 0. The minimum absolute atomic E-state index is 0.0998. The molecule has 1 atom stereocenters. The summed E-state index contributed by atoms with van der Waals surface area (Å²) in [6.07, 6.45) is 6.28. The van der Waals surface area contributed by atoms with Crippen LogP contribution in [0.4, 0.5) is 0 Å². The average Bonchev–Trinajstić information content (AvgIpc) is 3.38. The maximum absolute atomic E-state index is 11.7. The molecule has 2 aliphatic carbocycles. The van der Waals surface area contributed by atoms with Gasteiger partial charge in [-0.05, 0) is 45.4 Å². The zero-order valence-corrected chi connectivity index (χ0v) is 13.1. The Morgan fingerprint density at radius 3 is 2.90 bits per heavy atom. The van der Waals surface area contributed by atoms with E-state index < -0.39 is 5.54 Å². The van der Waals surface area contributed by atoms with Crippen LogP contribution in [0.15, 0.2) is 9.95 Å². The van der Waals surface area contributed by atoms with Gasteiger partial charge in [-0.25, -0.2) is 9.89 Å². The lowest BCUT2D eigenvalue weighted by atomic mass is 9.98. The minimum atomic E-state index is -0.427. The highest BCUT2D eigenvalue weighted by Gasteiger charge is 2.32. The number of thioether (sulfide) groups is 1. The van der Waals surface area contributed by atoms with Crippen LogP contribution in [0.1, 0.15) is 51.5 Å². The van der Waals surface area contributed by atoms with Gasteiger partial charge in [-0.1, -0.05) is 11.8 Å². The molecule has 21 heavy (non-hydrogen) atoms. The number of aromatic nitrogens is 3. The quantitative estimate of drug-likeness (QED) is 0.565. The predicted octanol–water partition coefficient (Wildman–Crippen LogP) is 1.81. The van der Waals surface area contributed by atoms with Crippen molar-refractivity contribution in [2.75, 3.05) is 5.75 Å². The minimum Gasteiger partial charge on any atom is -0.297 e. The molecule has 0 aromatic carbocycles. The monoisotopic (exact) mass is 307 g/mol. The first-order valence-corrected chi connectivity index (χ1v) is 8.58. The third kappa shape index (κ3) is 3.69. The number of aromatic amines is 1. The Morgan fingerprint density at radius 2 is 2.29 bits per heavy atom. The Labute approximate surface area is 128 Å². The standard InChI is InChI=1S/C14H21N5OS/c1-14(9-15,16-10-3-4-10)7-2-8-21-13-18-17-12(20)19(13)11-5-6-11/h10-11,16H,2-8H2,1H3,(H,17,20). The summed E-state index contributed by atoms with van der Waals surface area (Å²) in [4.78, 5) is 11.7. The van der Waals surface area contributed by atoms with Gasteiger partial charge in [0.2, 0.25) is 0 Å². The normalized spacial score (nSPS) is 21.0. The molecule has 0 amide bonds. The molecule has 1 unspecified atom stereocenters. The third-order valence-electron chi connectivity index (χ3n) is 3.98. The van der Waals surface area contributed by atoms with E-state index in [4.69, 9.17) is 0 Å². The lowest BCUT2D eigenvalue weighted by Crippen LogP contribution is -2.42. The smallest absolute Gasteiger partial charge is 0.297 e. The molecule has 6 nitrogen and oxygen atoms in total. The fourth-order valence-corrected chi connectivity index (χ4v) is 3.43. The topological polar surface area (TPSA) is 86.5 Å². The van der Waals surface area contributed by atoms with Crippen molar-refractivity contribution in [2.45, 2.75) is 68.2 Å². The Kier molecular flexibility index (Phi) is 4.09. The fraction of sp³-hybridized carbons (Fsp3) is 0.786. The number of hydrogen-bond donors (Lipinski definition) is 2. The van der Waals surface area contributed by atoms with E-state index in [2.05, 4.69) is 21.6 Å². The predicted molar refractivity (Wildman–Crippen MR) is 81.3 cm³/mol. The molecule has 3 rings (SSSR count). The number of rotatable bonds is 8. The zero-order valence-electron chi connectivity index (χ0n) is 12.3. The molecule has 0 aliphatic heterocycles. The number of nitriles is 1. The molecule has 1 aromatic heterocycles. The highest BCUT2D eigenvalue weighted by Crippen LogP contribution is 2.36. The molecule has 114 valence electrons. The van der Waals surface area contributed by atoms with Gasteiger partial charge in [0.25, 0.3) is 0 Å². The molecule has 2 fully saturated rings. The summed E-state index contributed by atoms with van der Waals surface area (Å²) >= 11 is 1.61. The molecule has 1 heterocycles. The molecule has 1 aromatic rings. The summed E-state index contributed by atoms with van der Waals surface area (Å²) in [5.74, 6) is 0.876. The van der Waals surface area contributed by atoms with Crippen LogP contribution >= 0.6 is 11.8 Å². The maximum atomic E-state index is 11.7. The number of nitrogens with one attached hydrogen (secondary N) is 2. The number of H-pyrrole nitrogens is 1. The van der Waals surface area contributed by atoms with Crippen molar-refractivity contribution in [1.29, 1.82) is 5.26 Å². The largest absolute Gasteiger partial charge is 0.344 e. The molecule has 2 N–H and O–H groups in total. The van der Waals surface area contributed by atoms with E-state index in [1.807, 2.05) is 6.92 Å². The fourth-order valence-electron chi connectivity index (χ4n) is 2.47. The first-order chi connectivity index (χ1) is 10.1. The molecular weight excluding hydrogens is 286 g/mol. The van der Waals surface area contributed by atoms with E-state index in [9.17, 15) is 10.1 Å². The van der Waals surface area contributed by atoms with Gasteiger partial charge < -0.3 is 0 Å². The van der Waals surface area contributed by atoms with Crippen molar-refractivity contribution in [3.8, 4) is 6.07 Å². The molecule has 0 radical (unpaired) electrons. The second kappa shape index (κ2) is 5.85. The van der Waals surface area contributed by atoms with Crippen LogP contribution in [0.5, 0.6) is 0 Å². The van der Waals surface area contributed by atoms with E-state index >= 15 is 0 Å². The summed E-state index contributed by atoms with van der Waals surface area (Å²) < 4.78 is 1.77. The highest BCUT2D eigenvalue weighted by atomic mass is 32.2. The molecule has 0 saturated heterocycles. The SMILES string of the molecule is CC(C#N)(CCCSc1n[nH]c(=O)n1C1CC1)NC1CC1. The van der Waals surface area contributed by atoms with Crippen LogP contribution in [0.25, 0.3) is 0 Å². The Balaban J connectivity index is 1.47. The molecule has 0 spiro atoms. The van der Waals surface area contributed by atoms with Crippen LogP contribution in [0, 0.1) is 11.3 Å². The van der Waals surface area contributed by atoms with Crippen LogP contribution in [0.2, 0.25) is 0 Å². The van der Waals surface area contributed by atoms with Crippen molar-refractivity contribution in [3.63, 3.8) is 0 Å². The maximum Gasteiger partial charge on any atom is 0.344 e. The molecular formula is C14H21N5OS. The van der Waals surface area contributed by atoms with Crippen molar-refractivity contribution < 1.29 is 0 Å². The molecule has 0 bridgehead atoms. The van der Waals surface area contributed by atoms with E-state index in [1.165, 1.54) is 12.8 Å². The average molecular weight is 307 g/mol. The van der Waals surface area contributed by atoms with Gasteiger partial charge in [0.15, 0.2) is 5.16 Å². The van der Waals surface area contributed by atoms with Crippen molar-refractivity contribution >= 4 is 11.8 Å². The van der Waals surface area contributed by atoms with Gasteiger partial charge in [-0.3, -0.25) is 9.88 Å². The van der Waals surface area contributed by atoms with Crippen LogP contribution in [-0.4, -0.2) is 32.1 Å². The molecule has 2 saturated carbocycles. The van der Waals surface area contributed by atoms with Gasteiger partial charge in [0.1, 0.15) is 5.54 Å². The van der Waals surface area contributed by atoms with E-state index in [-0.39, 0.29) is 5.69 Å². The highest BCUT2D eigenvalue weighted by molar-refractivity contribution is 7.99. The van der Waals surface area contributed by atoms with E-state index in [1.54, 1.807) is 16.3 Å². The third-order valence-corrected chi connectivity index (χ3v) is 5.02. The first kappa shape index (κ1) is 14.7. The summed E-state index contributed by atoms with van der Waals surface area (Å²) in [6.45, 7) is 1.98. The second-order valence-electron chi connectivity index (χ2n) is 6.23. The molecule has 2 aliphatic rings. The van der Waals surface area contributed by atoms with E-state index in [0.717, 1.165) is 36.6 Å². The second-order valence-corrected chi connectivity index (χ2v) is 7.29. The van der Waals surface area contributed by atoms with Crippen LogP contribution < -0.4 is 11.0 Å². The van der Waals surface area contributed by atoms with Gasteiger partial charge in [-0.15, -0.1) is 5.10 Å². The van der Waals surface area contributed by atoms with Crippen molar-refractivity contribution in [2.24, 2.45) is 0 Å². The Morgan fingerprint density at radius 1 is 1.52 bits per heavy atom. The first-order valence-electron chi connectivity index (χ1n) is 7.60.